The summed E-state index contributed by atoms with van der Waals surface area (Å²) in [4.78, 5) is 9.94. The Labute approximate surface area is 92.5 Å². The molecular weight excluding hydrogens is 160 g/mol. The fraction of sp³-hybridized carbons (Fsp3) is 0.900. The van der Waals surface area contributed by atoms with Gasteiger partial charge in [-0.3, -0.25) is 0 Å². The van der Waals surface area contributed by atoms with Crippen molar-refractivity contribution in [1.29, 1.82) is 0 Å². The second kappa shape index (κ2) is 14.0. The van der Waals surface area contributed by atoms with Gasteiger partial charge in [0.05, 0.1) is 0 Å². The van der Waals surface area contributed by atoms with Gasteiger partial charge in [-0.1, -0.05) is 45.4 Å². The van der Waals surface area contributed by atoms with Crippen LogP contribution in [0.3, 0.4) is 0 Å². The first-order valence-electron chi connectivity index (χ1n) is 4.85. The predicted octanol–water partition coefficient (Wildman–Crippen LogP) is 2.41. The summed E-state index contributed by atoms with van der Waals surface area (Å²) < 4.78 is 0. The van der Waals surface area contributed by atoms with Gasteiger partial charge >= 0.3 is 23.1 Å². The van der Waals surface area contributed by atoms with Crippen LogP contribution in [0.15, 0.2) is 0 Å². The molecule has 0 unspecified atom stereocenters. The monoisotopic (exact) mass is 182 g/mol. The minimum atomic E-state index is 0. The normalized spacial score (nSPS) is 9.08. The van der Waals surface area contributed by atoms with Gasteiger partial charge in [-0.2, -0.15) is 0 Å². The first kappa shape index (κ1) is 14.9. The number of hydrogen-bond donors (Lipinski definition) is 0. The minimum Gasteiger partial charge on any atom is -0.303 e. The van der Waals surface area contributed by atoms with E-state index >= 15 is 0 Å². The van der Waals surface area contributed by atoms with Crippen LogP contribution < -0.4 is 0 Å². The van der Waals surface area contributed by atoms with E-state index in [2.05, 4.69) is 6.92 Å². The molecule has 0 aromatic heterocycles. The van der Waals surface area contributed by atoms with E-state index in [1.807, 2.05) is 0 Å². The van der Waals surface area contributed by atoms with Crippen molar-refractivity contribution in [2.75, 3.05) is 0 Å². The molecule has 0 rings (SSSR count). The molecule has 0 saturated heterocycles. The van der Waals surface area contributed by atoms with E-state index in [-0.39, 0.29) is 23.1 Å². The van der Waals surface area contributed by atoms with E-state index in [4.69, 9.17) is 0 Å². The molecule has 0 spiro atoms. The van der Waals surface area contributed by atoms with E-state index in [1.165, 1.54) is 38.5 Å². The van der Waals surface area contributed by atoms with Crippen molar-refractivity contribution < 1.29 is 4.79 Å². The van der Waals surface area contributed by atoms with E-state index in [9.17, 15) is 4.79 Å². The zero-order valence-electron chi connectivity index (χ0n) is 7.64. The Bertz CT molecular complexity index is 83.9. The zero-order valence-corrected chi connectivity index (χ0v) is 7.64. The summed E-state index contributed by atoms with van der Waals surface area (Å²) in [6, 6.07) is 0. The maximum Gasteiger partial charge on any atom is 0.316 e. The molecule has 12 heavy (non-hydrogen) atoms. The molecule has 70 valence electrons. The Kier molecular flexibility index (Phi) is 17.4. The number of unbranched alkanes of at least 4 members (excludes halogenated alkanes) is 7. The number of rotatable bonds is 8. The van der Waals surface area contributed by atoms with Crippen molar-refractivity contribution in [2.24, 2.45) is 0 Å². The van der Waals surface area contributed by atoms with Crippen LogP contribution in [0.2, 0.25) is 0 Å². The Morgan fingerprint density at radius 3 is 1.92 bits per heavy atom. The fourth-order valence-corrected chi connectivity index (χ4v) is 1.18. The number of aldehydes is 1. The molecule has 0 N–H and O–H groups in total. The van der Waals surface area contributed by atoms with Crippen LogP contribution in [0.25, 0.3) is 0 Å². The fourth-order valence-electron chi connectivity index (χ4n) is 1.18. The van der Waals surface area contributed by atoms with Crippen molar-refractivity contribution in [1.82, 2.24) is 0 Å². The first-order chi connectivity index (χ1) is 5.41. The molecule has 0 atom stereocenters. The third-order valence-corrected chi connectivity index (χ3v) is 1.93. The first-order valence-corrected chi connectivity index (χ1v) is 4.85. The van der Waals surface area contributed by atoms with E-state index < -0.39 is 0 Å². The van der Waals surface area contributed by atoms with Crippen molar-refractivity contribution in [3.63, 3.8) is 0 Å². The molecule has 0 fully saturated rings. The largest absolute Gasteiger partial charge is 0.316 e. The highest BCUT2D eigenvalue weighted by Crippen LogP contribution is 2.07. The number of hydrogen-bond acceptors (Lipinski definition) is 1. The molecule has 0 bridgehead atoms. The van der Waals surface area contributed by atoms with Crippen LogP contribution in [0.5, 0.6) is 0 Å². The van der Waals surface area contributed by atoms with Gasteiger partial charge in [0.1, 0.15) is 6.29 Å². The standard InChI is InChI=1S/C10H20O.Mg.2H/c1-2-3-4-5-6-7-8-9-10-11;;;/h10H,2-9H2,1H3;;;. The van der Waals surface area contributed by atoms with Crippen LogP contribution in [0, 0.1) is 0 Å². The van der Waals surface area contributed by atoms with Crippen molar-refractivity contribution in [3.8, 4) is 0 Å². The lowest BCUT2D eigenvalue weighted by molar-refractivity contribution is -0.107. The van der Waals surface area contributed by atoms with Gasteiger partial charge < -0.3 is 4.79 Å². The molecule has 0 aromatic rings. The molecule has 2 heteroatoms. The molecule has 0 heterocycles. The summed E-state index contributed by atoms with van der Waals surface area (Å²) in [5.74, 6) is 0. The van der Waals surface area contributed by atoms with E-state index in [0.717, 1.165) is 19.1 Å². The summed E-state index contributed by atoms with van der Waals surface area (Å²) in [7, 11) is 0. The summed E-state index contributed by atoms with van der Waals surface area (Å²) in [5, 5.41) is 0. The number of carbonyl (C=O) groups excluding carboxylic acids is 1. The Morgan fingerprint density at radius 1 is 0.917 bits per heavy atom. The van der Waals surface area contributed by atoms with Gasteiger partial charge in [-0.25, -0.2) is 0 Å². The van der Waals surface area contributed by atoms with Crippen molar-refractivity contribution in [2.45, 2.75) is 58.3 Å². The molecule has 0 radical (unpaired) electrons. The van der Waals surface area contributed by atoms with E-state index in [0.29, 0.717) is 0 Å². The van der Waals surface area contributed by atoms with Crippen LogP contribution in [0.1, 0.15) is 58.3 Å². The molecule has 0 aliphatic rings. The highest BCUT2D eigenvalue weighted by molar-refractivity contribution is 5.75. The maximum absolute atomic E-state index is 9.94. The van der Waals surface area contributed by atoms with Crippen molar-refractivity contribution in [3.05, 3.63) is 0 Å². The second-order valence-corrected chi connectivity index (χ2v) is 3.08. The average molecular weight is 183 g/mol. The highest BCUT2D eigenvalue weighted by atomic mass is 24.3. The summed E-state index contributed by atoms with van der Waals surface area (Å²) >= 11 is 0. The summed E-state index contributed by atoms with van der Waals surface area (Å²) in [5.41, 5.74) is 0. The average Bonchev–Trinajstić information content (AvgIpc) is 2.03. The molecule has 0 saturated carbocycles. The van der Waals surface area contributed by atoms with Crippen LogP contribution in [-0.4, -0.2) is 29.3 Å². The smallest absolute Gasteiger partial charge is 0.303 e. The quantitative estimate of drug-likeness (QED) is 0.320. The summed E-state index contributed by atoms with van der Waals surface area (Å²) in [6.45, 7) is 2.23. The van der Waals surface area contributed by atoms with Gasteiger partial charge in [-0.15, -0.1) is 0 Å². The molecule has 1 nitrogen and oxygen atoms in total. The van der Waals surface area contributed by atoms with E-state index in [1.54, 1.807) is 0 Å². The molecule has 0 aliphatic heterocycles. The maximum atomic E-state index is 9.94. The lowest BCUT2D eigenvalue weighted by Crippen LogP contribution is -1.80. The van der Waals surface area contributed by atoms with Gasteiger partial charge in [0.2, 0.25) is 0 Å². The summed E-state index contributed by atoms with van der Waals surface area (Å²) in [6.07, 6.45) is 10.8. The third kappa shape index (κ3) is 13.1. The predicted molar refractivity (Wildman–Crippen MR) is 57.2 cm³/mol. The van der Waals surface area contributed by atoms with Crippen molar-refractivity contribution >= 4 is 29.3 Å². The van der Waals surface area contributed by atoms with Gasteiger partial charge in [0.25, 0.3) is 0 Å². The second-order valence-electron chi connectivity index (χ2n) is 3.08. The lowest BCUT2D eigenvalue weighted by Gasteiger charge is -1.97. The molecular formula is C10H22MgO. The lowest BCUT2D eigenvalue weighted by atomic mass is 10.1. The number of carbonyl (C=O) groups is 1. The SMILES string of the molecule is CCCCCCCCCC=O.[MgH2]. The Hall–Kier alpha value is 0.436. The zero-order chi connectivity index (χ0) is 8.36. The van der Waals surface area contributed by atoms with Crippen LogP contribution in [0.4, 0.5) is 0 Å². The molecule has 0 amide bonds. The molecule has 0 aromatic carbocycles. The third-order valence-electron chi connectivity index (χ3n) is 1.93. The van der Waals surface area contributed by atoms with Gasteiger partial charge in [0, 0.05) is 6.42 Å². The van der Waals surface area contributed by atoms with Gasteiger partial charge in [0.15, 0.2) is 0 Å². The Morgan fingerprint density at radius 2 is 1.42 bits per heavy atom. The Balaban J connectivity index is 0. The topological polar surface area (TPSA) is 17.1 Å². The molecule has 0 aliphatic carbocycles. The van der Waals surface area contributed by atoms with Gasteiger partial charge in [-0.05, 0) is 6.42 Å². The van der Waals surface area contributed by atoms with Crippen LogP contribution in [-0.2, 0) is 4.79 Å². The van der Waals surface area contributed by atoms with Crippen LogP contribution >= 0.6 is 0 Å². The highest BCUT2D eigenvalue weighted by Gasteiger charge is 1.89. The minimum absolute atomic E-state index is 0.